The molecule has 0 fully saturated rings. The molecule has 0 radical (unpaired) electrons. The summed E-state index contributed by atoms with van der Waals surface area (Å²) < 4.78 is 44.0. The molecule has 0 bridgehead atoms. The van der Waals surface area contributed by atoms with Crippen molar-refractivity contribution in [3.05, 3.63) is 77.6 Å². The summed E-state index contributed by atoms with van der Waals surface area (Å²) in [6.45, 7) is 0.182. The Hall–Kier alpha value is -2.38. The lowest BCUT2D eigenvalue weighted by Crippen LogP contribution is -2.41. The van der Waals surface area contributed by atoms with Crippen LogP contribution in [-0.2, 0) is 16.4 Å². The second kappa shape index (κ2) is 6.41. The zero-order chi connectivity index (χ0) is 18.3. The second-order valence-electron chi connectivity index (χ2n) is 6.08. The number of aromatic nitrogens is 2. The summed E-state index contributed by atoms with van der Waals surface area (Å²) in [5.74, 6) is -0.934. The van der Waals surface area contributed by atoms with E-state index >= 15 is 0 Å². The Morgan fingerprint density at radius 1 is 1.15 bits per heavy atom. The number of anilines is 1. The molecule has 1 atom stereocenters. The van der Waals surface area contributed by atoms with Gasteiger partial charge in [-0.25, -0.2) is 17.8 Å². The standard InChI is InChI=1S/C18H15ClFN3O2S/c19-15-5-3-7-17(18(15)20)26(24,25)23-11-14(22-9-8-21-12-22)10-13-4-1-2-6-16(13)23/h1-9,12,14H,10-11H2/t14-/m1/s1. The van der Waals surface area contributed by atoms with Crippen LogP contribution >= 0.6 is 11.6 Å². The van der Waals surface area contributed by atoms with Crippen LogP contribution in [0.25, 0.3) is 0 Å². The number of halogens is 2. The van der Waals surface area contributed by atoms with Crippen molar-refractivity contribution in [2.45, 2.75) is 17.4 Å². The first-order valence-corrected chi connectivity index (χ1v) is 9.82. The summed E-state index contributed by atoms with van der Waals surface area (Å²) in [7, 11) is -4.11. The van der Waals surface area contributed by atoms with E-state index in [9.17, 15) is 12.8 Å². The van der Waals surface area contributed by atoms with Gasteiger partial charge in [0.25, 0.3) is 10.0 Å². The van der Waals surface area contributed by atoms with Gasteiger partial charge in [0.05, 0.1) is 29.6 Å². The van der Waals surface area contributed by atoms with Gasteiger partial charge >= 0.3 is 0 Å². The quantitative estimate of drug-likeness (QED) is 0.684. The Kier molecular flexibility index (Phi) is 4.20. The smallest absolute Gasteiger partial charge is 0.267 e. The molecule has 2 aromatic carbocycles. The molecular weight excluding hydrogens is 377 g/mol. The Balaban J connectivity index is 1.85. The summed E-state index contributed by atoms with van der Waals surface area (Å²) in [5.41, 5.74) is 1.44. The number of sulfonamides is 1. The molecule has 3 aromatic rings. The lowest BCUT2D eigenvalue weighted by molar-refractivity contribution is 0.485. The number of benzene rings is 2. The highest BCUT2D eigenvalue weighted by Crippen LogP contribution is 2.36. The van der Waals surface area contributed by atoms with E-state index in [4.69, 9.17) is 11.6 Å². The molecule has 4 rings (SSSR count). The highest BCUT2D eigenvalue weighted by molar-refractivity contribution is 7.92. The highest BCUT2D eigenvalue weighted by Gasteiger charge is 2.35. The maximum Gasteiger partial charge on any atom is 0.267 e. The zero-order valence-electron chi connectivity index (χ0n) is 13.6. The number of nitrogens with zero attached hydrogens (tertiary/aromatic N) is 3. The van der Waals surface area contributed by atoms with Gasteiger partial charge in [0.2, 0.25) is 0 Å². The van der Waals surface area contributed by atoms with Gasteiger partial charge in [0.1, 0.15) is 4.90 Å². The molecule has 1 aromatic heterocycles. The maximum absolute atomic E-state index is 14.4. The average molecular weight is 392 g/mol. The predicted octanol–water partition coefficient (Wildman–Crippen LogP) is 3.67. The topological polar surface area (TPSA) is 55.2 Å². The number of hydrogen-bond acceptors (Lipinski definition) is 3. The first-order valence-electron chi connectivity index (χ1n) is 8.00. The van der Waals surface area contributed by atoms with E-state index in [1.54, 1.807) is 30.9 Å². The van der Waals surface area contributed by atoms with Crippen LogP contribution in [-0.4, -0.2) is 24.5 Å². The van der Waals surface area contributed by atoms with E-state index in [1.807, 2.05) is 16.7 Å². The molecule has 1 aliphatic rings. The predicted molar refractivity (Wildman–Crippen MR) is 97.4 cm³/mol. The van der Waals surface area contributed by atoms with Crippen molar-refractivity contribution < 1.29 is 12.8 Å². The Bertz CT molecular complexity index is 1050. The molecule has 5 nitrogen and oxygen atoms in total. The SMILES string of the molecule is O=S(=O)(c1cccc(Cl)c1F)N1C[C@H](n2ccnc2)Cc2ccccc21. The monoisotopic (exact) mass is 391 g/mol. The van der Waals surface area contributed by atoms with Gasteiger partial charge in [-0.3, -0.25) is 4.31 Å². The van der Waals surface area contributed by atoms with Gasteiger partial charge in [0, 0.05) is 12.4 Å². The molecule has 134 valence electrons. The van der Waals surface area contributed by atoms with Crippen molar-refractivity contribution in [1.82, 2.24) is 9.55 Å². The summed E-state index contributed by atoms with van der Waals surface area (Å²) >= 11 is 5.80. The van der Waals surface area contributed by atoms with E-state index in [2.05, 4.69) is 4.98 Å². The summed E-state index contributed by atoms with van der Waals surface area (Å²) in [6.07, 6.45) is 5.76. The van der Waals surface area contributed by atoms with Crippen LogP contribution in [0.2, 0.25) is 5.02 Å². The summed E-state index contributed by atoms with van der Waals surface area (Å²) in [6, 6.07) is 11.1. The molecule has 0 amide bonds. The Morgan fingerprint density at radius 2 is 1.96 bits per heavy atom. The third kappa shape index (κ3) is 2.77. The molecular formula is C18H15ClFN3O2S. The maximum atomic E-state index is 14.4. The summed E-state index contributed by atoms with van der Waals surface area (Å²) in [5, 5.41) is -0.220. The molecule has 8 heteroatoms. The van der Waals surface area contributed by atoms with Gasteiger partial charge in [0.15, 0.2) is 5.82 Å². The third-order valence-electron chi connectivity index (χ3n) is 4.52. The van der Waals surface area contributed by atoms with Crippen LogP contribution < -0.4 is 4.31 Å². The van der Waals surface area contributed by atoms with Crippen LogP contribution in [0.5, 0.6) is 0 Å². The van der Waals surface area contributed by atoms with Crippen LogP contribution in [0.4, 0.5) is 10.1 Å². The minimum absolute atomic E-state index is 0.135. The highest BCUT2D eigenvalue weighted by atomic mass is 35.5. The van der Waals surface area contributed by atoms with Crippen LogP contribution in [0.3, 0.4) is 0 Å². The fourth-order valence-corrected chi connectivity index (χ4v) is 5.11. The first kappa shape index (κ1) is 17.1. The lowest BCUT2D eigenvalue weighted by Gasteiger charge is -2.35. The van der Waals surface area contributed by atoms with E-state index in [0.717, 1.165) is 5.56 Å². The molecule has 26 heavy (non-hydrogen) atoms. The number of fused-ring (bicyclic) bond motifs is 1. The molecule has 0 aliphatic carbocycles. The fraction of sp³-hybridized carbons (Fsp3) is 0.167. The lowest BCUT2D eigenvalue weighted by atomic mass is 10.00. The van der Waals surface area contributed by atoms with E-state index < -0.39 is 20.7 Å². The van der Waals surface area contributed by atoms with Crippen LogP contribution in [0.15, 0.2) is 66.1 Å². The minimum atomic E-state index is -4.11. The van der Waals surface area contributed by atoms with Crippen molar-refractivity contribution >= 4 is 27.3 Å². The van der Waals surface area contributed by atoms with Gasteiger partial charge in [-0.05, 0) is 30.2 Å². The van der Waals surface area contributed by atoms with E-state index in [-0.39, 0.29) is 17.6 Å². The van der Waals surface area contributed by atoms with Gasteiger partial charge in [-0.1, -0.05) is 35.9 Å². The van der Waals surface area contributed by atoms with Crippen LogP contribution in [0.1, 0.15) is 11.6 Å². The average Bonchev–Trinajstić information content (AvgIpc) is 3.17. The van der Waals surface area contributed by atoms with E-state index in [1.165, 1.54) is 22.5 Å². The van der Waals surface area contributed by atoms with Crippen LogP contribution in [0, 0.1) is 5.82 Å². The van der Waals surface area contributed by atoms with Crippen molar-refractivity contribution in [2.24, 2.45) is 0 Å². The number of hydrogen-bond donors (Lipinski definition) is 0. The molecule has 0 unspecified atom stereocenters. The fourth-order valence-electron chi connectivity index (χ4n) is 3.25. The largest absolute Gasteiger partial charge is 0.332 e. The molecule has 2 heterocycles. The minimum Gasteiger partial charge on any atom is -0.332 e. The van der Waals surface area contributed by atoms with Crippen molar-refractivity contribution in [2.75, 3.05) is 10.8 Å². The van der Waals surface area contributed by atoms with Crippen molar-refractivity contribution in [3.63, 3.8) is 0 Å². The Labute approximate surface area is 155 Å². The van der Waals surface area contributed by atoms with E-state index in [0.29, 0.717) is 12.1 Å². The number of rotatable bonds is 3. The zero-order valence-corrected chi connectivity index (χ0v) is 15.2. The third-order valence-corrected chi connectivity index (χ3v) is 6.61. The normalized spacial score (nSPS) is 17.2. The molecule has 0 N–H and O–H groups in total. The molecule has 0 spiro atoms. The van der Waals surface area contributed by atoms with Gasteiger partial charge < -0.3 is 4.57 Å². The Morgan fingerprint density at radius 3 is 2.73 bits per heavy atom. The van der Waals surface area contributed by atoms with Crippen molar-refractivity contribution in [3.8, 4) is 0 Å². The molecule has 0 saturated carbocycles. The first-order chi connectivity index (χ1) is 12.5. The summed E-state index contributed by atoms with van der Waals surface area (Å²) in [4.78, 5) is 3.62. The number of para-hydroxylation sites is 1. The second-order valence-corrected chi connectivity index (χ2v) is 8.32. The molecule has 1 aliphatic heterocycles. The number of imidazole rings is 1. The molecule has 0 saturated heterocycles. The van der Waals surface area contributed by atoms with Gasteiger partial charge in [-0.2, -0.15) is 0 Å². The van der Waals surface area contributed by atoms with Gasteiger partial charge in [-0.15, -0.1) is 0 Å². The van der Waals surface area contributed by atoms with Crippen molar-refractivity contribution in [1.29, 1.82) is 0 Å².